The van der Waals surface area contributed by atoms with E-state index < -0.39 is 0 Å². The molecule has 4 nitrogen and oxygen atoms in total. The van der Waals surface area contributed by atoms with Crippen molar-refractivity contribution in [2.75, 3.05) is 14.7 Å². The van der Waals surface area contributed by atoms with Crippen LogP contribution in [-0.4, -0.2) is 12.3 Å². The van der Waals surface area contributed by atoms with Gasteiger partial charge in [-0.05, 0) is 194 Å². The molecule has 0 radical (unpaired) electrons. The Labute approximate surface area is 499 Å². The minimum Gasteiger partial charge on any atom is -0.440 e. The predicted molar refractivity (Wildman–Crippen MR) is 358 cm³/mol. The van der Waals surface area contributed by atoms with E-state index in [1.165, 1.54) is 124 Å². The number of anilines is 8. The van der Waals surface area contributed by atoms with Crippen molar-refractivity contribution in [3.05, 3.63) is 171 Å². The number of nitrogens with zero attached hydrogens (tertiary/aromatic N) is 3. The van der Waals surface area contributed by atoms with Crippen LogP contribution < -0.4 is 31.1 Å². The zero-order valence-corrected chi connectivity index (χ0v) is 54.1. The van der Waals surface area contributed by atoms with E-state index in [1.54, 1.807) is 0 Å². The van der Waals surface area contributed by atoms with Crippen LogP contribution in [0.15, 0.2) is 126 Å². The third kappa shape index (κ3) is 8.33. The Balaban J connectivity index is 1.23. The topological polar surface area (TPSA) is 22.9 Å². The Morgan fingerprint density at radius 3 is 1.61 bits per heavy atom. The van der Waals surface area contributed by atoms with Crippen LogP contribution in [0.1, 0.15) is 213 Å². The van der Waals surface area contributed by atoms with Gasteiger partial charge >= 0.3 is 0 Å². The first-order valence-corrected chi connectivity index (χ1v) is 31.5. The van der Waals surface area contributed by atoms with E-state index in [2.05, 4.69) is 275 Å². The average molecular weight is 1100 g/mol. The molecule has 2 atom stereocenters. The number of rotatable bonds is 5. The van der Waals surface area contributed by atoms with E-state index in [1.807, 2.05) is 0 Å². The number of furan rings is 1. The Morgan fingerprint density at radius 1 is 0.494 bits per heavy atom. The first kappa shape index (κ1) is 55.7. The van der Waals surface area contributed by atoms with Crippen molar-refractivity contribution < 1.29 is 4.42 Å². The Morgan fingerprint density at radius 2 is 1.04 bits per heavy atom. The van der Waals surface area contributed by atoms with Crippen molar-refractivity contribution in [1.82, 2.24) is 0 Å². The number of fused-ring (bicyclic) bond motifs is 10. The van der Waals surface area contributed by atoms with Crippen LogP contribution in [0.4, 0.5) is 45.7 Å². The SMILES string of the molecule is Cc1cc(C(C)(C)C)ccc1N(c1cc2c3c(c1)N1c4c(cc(C(C)(C)C)cc4C4(C)CCCCC14C)B3c1c(oc3cc4c(cc13)C(C)(C)CCC4(C)C)N2c1ccc(C(C)(C)C)cc1-c1ccccc1)c1ccc(C(C)(C)C)cc1C. The first-order chi connectivity index (χ1) is 38.7. The molecule has 0 amide bonds. The lowest BCUT2D eigenvalue weighted by molar-refractivity contribution is 0.195. The lowest BCUT2D eigenvalue weighted by Crippen LogP contribution is -2.64. The summed E-state index contributed by atoms with van der Waals surface area (Å²) in [4.78, 5) is 8.17. The summed E-state index contributed by atoms with van der Waals surface area (Å²) in [5.41, 5.74) is 27.9. The monoisotopic (exact) mass is 1100 g/mol. The summed E-state index contributed by atoms with van der Waals surface area (Å²) < 4.78 is 7.94. The normalized spacial score (nSPS) is 20.5. The molecule has 83 heavy (non-hydrogen) atoms. The zero-order valence-electron chi connectivity index (χ0n) is 54.1. The molecular weight excluding hydrogens is 1010 g/mol. The van der Waals surface area contributed by atoms with E-state index in [4.69, 9.17) is 4.42 Å². The molecule has 5 aliphatic rings. The van der Waals surface area contributed by atoms with Gasteiger partial charge in [0.15, 0.2) is 0 Å². The highest BCUT2D eigenvalue weighted by Crippen LogP contribution is 2.63. The maximum atomic E-state index is 7.94. The quantitative estimate of drug-likeness (QED) is 0.160. The minimum atomic E-state index is -0.197. The molecule has 2 aliphatic carbocycles. The molecule has 0 bridgehead atoms. The molecule has 0 saturated heterocycles. The highest BCUT2D eigenvalue weighted by atomic mass is 16.4. The van der Waals surface area contributed by atoms with Gasteiger partial charge in [0.25, 0.3) is 6.71 Å². The molecule has 0 spiro atoms. The van der Waals surface area contributed by atoms with Gasteiger partial charge in [-0.3, -0.25) is 4.90 Å². The van der Waals surface area contributed by atoms with Crippen molar-refractivity contribution in [2.45, 2.75) is 220 Å². The van der Waals surface area contributed by atoms with Crippen LogP contribution in [0.5, 0.6) is 0 Å². The highest BCUT2D eigenvalue weighted by Gasteiger charge is 2.62. The van der Waals surface area contributed by atoms with Gasteiger partial charge in [0, 0.05) is 50.3 Å². The van der Waals surface area contributed by atoms with Gasteiger partial charge in [-0.2, -0.15) is 0 Å². The highest BCUT2D eigenvalue weighted by molar-refractivity contribution is 7.01. The van der Waals surface area contributed by atoms with Crippen molar-refractivity contribution in [2.24, 2.45) is 0 Å². The van der Waals surface area contributed by atoms with E-state index in [0.29, 0.717) is 0 Å². The van der Waals surface area contributed by atoms with Crippen molar-refractivity contribution in [3.8, 4) is 11.1 Å². The maximum absolute atomic E-state index is 7.94. The molecular formula is C78H92BN3O. The van der Waals surface area contributed by atoms with Crippen molar-refractivity contribution >= 4 is 79.8 Å². The van der Waals surface area contributed by atoms with E-state index in [-0.39, 0.29) is 50.2 Å². The van der Waals surface area contributed by atoms with Gasteiger partial charge in [-0.25, -0.2) is 0 Å². The van der Waals surface area contributed by atoms with E-state index >= 15 is 0 Å². The molecule has 5 heteroatoms. The minimum absolute atomic E-state index is 0.00428. The molecule has 2 unspecified atom stereocenters. The molecule has 1 aromatic heterocycles. The van der Waals surface area contributed by atoms with Gasteiger partial charge in [-0.15, -0.1) is 0 Å². The zero-order chi connectivity index (χ0) is 59.3. The molecule has 13 rings (SSSR count). The third-order valence-electron chi connectivity index (χ3n) is 21.5. The standard InChI is InChI=1S/C78H92BN3O/c1-47-38-50(71(3,4)5)28-31-61(47)80(62-32-29-51(39-48(62)2)72(6,7)8)54-43-64-68-65(44-54)82-69-59(77(19)34-24-25-35-78(77,82)20)41-53(74(12,13)14)42-60(69)79(68)67-56-45-57-58(76(17,18)37-36-75(57,15)16)46-66(56)83-70(67)81(64)63-33-30-52(73(9,10)11)40-55(63)49-26-22-21-23-27-49/h21-23,26-33,38-46H,24-25,34-37H2,1-20H3. The van der Waals surface area contributed by atoms with Gasteiger partial charge in [0.1, 0.15) is 5.58 Å². The summed E-state index contributed by atoms with van der Waals surface area (Å²) >= 11 is 0. The summed E-state index contributed by atoms with van der Waals surface area (Å²) in [5, 5.41) is 1.25. The first-order valence-electron chi connectivity index (χ1n) is 31.5. The van der Waals surface area contributed by atoms with E-state index in [9.17, 15) is 0 Å². The predicted octanol–water partition coefficient (Wildman–Crippen LogP) is 20.1. The van der Waals surface area contributed by atoms with Gasteiger partial charge in [-0.1, -0.05) is 203 Å². The molecule has 3 aliphatic heterocycles. The Bertz CT molecular complexity index is 3930. The van der Waals surface area contributed by atoms with Gasteiger partial charge in [0.05, 0.1) is 16.9 Å². The van der Waals surface area contributed by atoms with Crippen molar-refractivity contribution in [1.29, 1.82) is 0 Å². The number of benzene rings is 7. The number of hydrogen-bond donors (Lipinski definition) is 0. The van der Waals surface area contributed by atoms with Crippen LogP contribution in [0.3, 0.4) is 0 Å². The van der Waals surface area contributed by atoms with Crippen LogP contribution in [0, 0.1) is 13.8 Å². The Hall–Kier alpha value is -6.46. The number of hydrogen-bond acceptors (Lipinski definition) is 4. The fraction of sp³-hybridized carbons (Fsp3) is 0.436. The second-order valence-corrected chi connectivity index (χ2v) is 32.2. The molecule has 1 fully saturated rings. The molecule has 1 saturated carbocycles. The smallest absolute Gasteiger partial charge is 0.257 e. The summed E-state index contributed by atoms with van der Waals surface area (Å²) in [6.07, 6.45) is 6.98. The molecule has 0 N–H and O–H groups in total. The van der Waals surface area contributed by atoms with Gasteiger partial charge < -0.3 is 14.2 Å². The fourth-order valence-electron chi connectivity index (χ4n) is 15.9. The summed E-state index contributed by atoms with van der Waals surface area (Å²) in [7, 11) is 0. The van der Waals surface area contributed by atoms with Gasteiger partial charge in [0.2, 0.25) is 5.88 Å². The Kier molecular flexibility index (Phi) is 12.1. The van der Waals surface area contributed by atoms with Crippen LogP contribution >= 0.6 is 0 Å². The average Bonchev–Trinajstić information content (AvgIpc) is 1.57. The van der Waals surface area contributed by atoms with E-state index in [0.717, 1.165) is 48.5 Å². The summed E-state index contributed by atoms with van der Waals surface area (Å²) in [5.74, 6) is 0.929. The molecule has 4 heterocycles. The lowest BCUT2D eigenvalue weighted by atomic mass is 9.33. The summed E-state index contributed by atoms with van der Waals surface area (Å²) in [6.45, 7) is 48.0. The van der Waals surface area contributed by atoms with Crippen molar-refractivity contribution in [3.63, 3.8) is 0 Å². The number of aryl methyl sites for hydroxylation is 2. The van der Waals surface area contributed by atoms with Crippen LogP contribution in [0.25, 0.3) is 22.1 Å². The summed E-state index contributed by atoms with van der Waals surface area (Å²) in [6, 6.07) is 48.6. The fourth-order valence-corrected chi connectivity index (χ4v) is 15.9. The second kappa shape index (κ2) is 18.0. The second-order valence-electron chi connectivity index (χ2n) is 32.2. The maximum Gasteiger partial charge on any atom is 0.257 e. The lowest BCUT2D eigenvalue weighted by Gasteiger charge is -2.52. The van der Waals surface area contributed by atoms with Crippen LogP contribution in [-0.2, 0) is 37.9 Å². The largest absolute Gasteiger partial charge is 0.440 e. The molecule has 7 aromatic carbocycles. The molecule has 8 aromatic rings. The molecule has 428 valence electrons. The third-order valence-corrected chi connectivity index (χ3v) is 21.5. The van der Waals surface area contributed by atoms with Crippen LogP contribution in [0.2, 0.25) is 0 Å².